The molecule has 1 aromatic carbocycles. The predicted octanol–water partition coefficient (Wildman–Crippen LogP) is 0.935. The Morgan fingerprint density at radius 2 is 1.21 bits per heavy atom. The maximum atomic E-state index is 13.0. The molecular weight excluding hydrogens is 378 g/mol. The van der Waals surface area contributed by atoms with Gasteiger partial charge in [-0.3, -0.25) is 24.1 Å². The highest BCUT2D eigenvalue weighted by Crippen LogP contribution is 2.30. The average Bonchev–Trinajstić information content (AvgIpc) is 2.85. The van der Waals surface area contributed by atoms with Crippen molar-refractivity contribution in [2.45, 2.75) is 58.2 Å². The van der Waals surface area contributed by atoms with Gasteiger partial charge in [-0.25, -0.2) is 4.79 Å². The van der Waals surface area contributed by atoms with Crippen molar-refractivity contribution in [3.8, 4) is 0 Å². The number of rotatable bonds is 6. The molecule has 9 nitrogen and oxygen atoms in total. The number of benzene rings is 1. The van der Waals surface area contributed by atoms with Gasteiger partial charge in [-0.1, -0.05) is 12.1 Å². The number of hydrogen-bond acceptors (Lipinski definition) is 5. The number of nitrogens with one attached hydrogen (secondary N) is 2. The molecule has 1 aliphatic rings. The average molecular weight is 403 g/mol. The number of hydrogen-bond donors (Lipinski definition) is 3. The topological polar surface area (TPSA) is 133 Å². The van der Waals surface area contributed by atoms with E-state index in [4.69, 9.17) is 0 Å². The molecule has 0 saturated heterocycles. The zero-order valence-corrected chi connectivity index (χ0v) is 17.2. The minimum atomic E-state index is -1.59. The molecule has 9 heteroatoms. The Balaban J connectivity index is 2.23. The molecule has 29 heavy (non-hydrogen) atoms. The molecule has 2 rings (SSSR count). The van der Waals surface area contributed by atoms with Crippen LogP contribution in [-0.4, -0.2) is 56.2 Å². The van der Waals surface area contributed by atoms with Gasteiger partial charge in [0.1, 0.15) is 16.6 Å². The van der Waals surface area contributed by atoms with Crippen molar-refractivity contribution in [3.05, 3.63) is 35.4 Å². The fourth-order valence-electron chi connectivity index (χ4n) is 2.79. The lowest BCUT2D eigenvalue weighted by molar-refractivity contribution is -0.147. The van der Waals surface area contributed by atoms with Gasteiger partial charge in [-0.05, 0) is 53.7 Å². The Morgan fingerprint density at radius 1 is 0.793 bits per heavy atom. The first kappa shape index (κ1) is 22.1. The van der Waals surface area contributed by atoms with Crippen LogP contribution < -0.4 is 10.6 Å². The van der Waals surface area contributed by atoms with Crippen LogP contribution in [0.15, 0.2) is 24.3 Å². The maximum Gasteiger partial charge on any atom is 0.328 e. The molecule has 0 aromatic heterocycles. The van der Waals surface area contributed by atoms with E-state index in [1.807, 2.05) is 0 Å². The number of carboxylic acid groups (broad SMARTS) is 1. The standard InChI is InChI=1S/C20H25N3O6/c1-18(2,15(26)21-19(3,4)17(28)29)22-16(27)20(5,6)23-13(24)11-9-7-8-10-12(11)14(23)25/h7-10H,1-6H3,(H,21,26)(H,22,27)(H,28,29). The number of fused-ring (bicyclic) bond motifs is 1. The molecule has 1 heterocycles. The number of amides is 4. The summed E-state index contributed by atoms with van der Waals surface area (Å²) in [5.74, 6) is -3.89. The monoisotopic (exact) mass is 403 g/mol. The molecule has 0 bridgehead atoms. The Morgan fingerprint density at radius 3 is 1.62 bits per heavy atom. The number of carboxylic acids is 1. The largest absolute Gasteiger partial charge is 0.480 e. The van der Waals surface area contributed by atoms with E-state index in [9.17, 15) is 29.1 Å². The van der Waals surface area contributed by atoms with Crippen molar-refractivity contribution in [1.82, 2.24) is 15.5 Å². The van der Waals surface area contributed by atoms with Crippen LogP contribution in [0, 0.1) is 0 Å². The van der Waals surface area contributed by atoms with Crippen molar-refractivity contribution in [1.29, 1.82) is 0 Å². The molecule has 156 valence electrons. The fraction of sp³-hybridized carbons (Fsp3) is 0.450. The van der Waals surface area contributed by atoms with E-state index in [1.54, 1.807) is 12.1 Å². The summed E-state index contributed by atoms with van der Waals surface area (Å²) < 4.78 is 0. The molecule has 0 aliphatic carbocycles. The molecular formula is C20H25N3O6. The highest BCUT2D eigenvalue weighted by Gasteiger charge is 2.49. The van der Waals surface area contributed by atoms with Gasteiger partial charge >= 0.3 is 5.97 Å². The zero-order valence-electron chi connectivity index (χ0n) is 17.2. The number of carbonyl (C=O) groups excluding carboxylic acids is 4. The van der Waals surface area contributed by atoms with Gasteiger partial charge in [-0.2, -0.15) is 0 Å². The first-order valence-electron chi connectivity index (χ1n) is 8.99. The second kappa shape index (κ2) is 6.98. The van der Waals surface area contributed by atoms with E-state index in [0.717, 1.165) is 4.90 Å². The first-order chi connectivity index (χ1) is 13.1. The molecule has 0 fully saturated rings. The van der Waals surface area contributed by atoms with Gasteiger partial charge in [0.25, 0.3) is 11.8 Å². The van der Waals surface area contributed by atoms with Gasteiger partial charge < -0.3 is 15.7 Å². The third-order valence-corrected chi connectivity index (χ3v) is 4.86. The van der Waals surface area contributed by atoms with Gasteiger partial charge in [0.05, 0.1) is 11.1 Å². The zero-order chi connectivity index (χ0) is 22.4. The second-order valence-electron chi connectivity index (χ2n) is 8.51. The number of carbonyl (C=O) groups is 5. The minimum Gasteiger partial charge on any atom is -0.480 e. The summed E-state index contributed by atoms with van der Waals surface area (Å²) in [6.07, 6.45) is 0. The lowest BCUT2D eigenvalue weighted by Crippen LogP contribution is -2.65. The smallest absolute Gasteiger partial charge is 0.328 e. The van der Waals surface area contributed by atoms with Gasteiger partial charge in [0.2, 0.25) is 11.8 Å². The Hall–Kier alpha value is -3.23. The predicted molar refractivity (Wildman–Crippen MR) is 103 cm³/mol. The van der Waals surface area contributed by atoms with Crippen LogP contribution in [0.3, 0.4) is 0 Å². The van der Waals surface area contributed by atoms with E-state index in [-0.39, 0.29) is 11.1 Å². The van der Waals surface area contributed by atoms with E-state index >= 15 is 0 Å². The van der Waals surface area contributed by atoms with Crippen LogP contribution in [0.4, 0.5) is 0 Å². The van der Waals surface area contributed by atoms with Gasteiger partial charge in [-0.15, -0.1) is 0 Å². The Labute approximate surface area is 168 Å². The fourth-order valence-corrected chi connectivity index (χ4v) is 2.79. The van der Waals surface area contributed by atoms with E-state index in [0.29, 0.717) is 0 Å². The first-order valence-corrected chi connectivity index (χ1v) is 8.99. The highest BCUT2D eigenvalue weighted by atomic mass is 16.4. The molecule has 0 atom stereocenters. The summed E-state index contributed by atoms with van der Waals surface area (Å²) in [5.41, 5.74) is -4.22. The molecule has 1 aliphatic heterocycles. The minimum absolute atomic E-state index is 0.207. The van der Waals surface area contributed by atoms with Crippen LogP contribution in [0.25, 0.3) is 0 Å². The Kier molecular flexibility index (Phi) is 5.31. The normalized spacial score (nSPS) is 14.5. The molecule has 1 aromatic rings. The summed E-state index contributed by atoms with van der Waals surface area (Å²) in [4.78, 5) is 63.0. The summed E-state index contributed by atoms with van der Waals surface area (Å²) >= 11 is 0. The summed E-state index contributed by atoms with van der Waals surface area (Å²) in [6, 6.07) is 6.26. The van der Waals surface area contributed by atoms with E-state index in [1.165, 1.54) is 53.7 Å². The van der Waals surface area contributed by atoms with E-state index < -0.39 is 46.2 Å². The van der Waals surface area contributed by atoms with Crippen LogP contribution in [0.2, 0.25) is 0 Å². The van der Waals surface area contributed by atoms with Crippen molar-refractivity contribution < 1.29 is 29.1 Å². The van der Waals surface area contributed by atoms with Crippen LogP contribution in [-0.2, 0) is 14.4 Å². The molecule has 0 radical (unpaired) electrons. The van der Waals surface area contributed by atoms with Crippen LogP contribution >= 0.6 is 0 Å². The SMILES string of the molecule is CC(C)(NC(=O)C(C)(C)NC(=O)C(C)(C)N1C(=O)c2ccccc2C1=O)C(=O)O. The molecule has 0 saturated carbocycles. The lowest BCUT2D eigenvalue weighted by Gasteiger charge is -2.36. The van der Waals surface area contributed by atoms with Crippen LogP contribution in [0.5, 0.6) is 0 Å². The number of imide groups is 1. The molecule has 0 unspecified atom stereocenters. The second-order valence-corrected chi connectivity index (χ2v) is 8.51. The molecule has 0 spiro atoms. The third-order valence-electron chi connectivity index (χ3n) is 4.86. The molecule has 4 amide bonds. The maximum absolute atomic E-state index is 13.0. The number of nitrogens with zero attached hydrogens (tertiary/aromatic N) is 1. The third kappa shape index (κ3) is 3.85. The van der Waals surface area contributed by atoms with Crippen molar-refractivity contribution in [2.75, 3.05) is 0 Å². The lowest BCUT2D eigenvalue weighted by atomic mass is 9.96. The Bertz CT molecular complexity index is 882. The van der Waals surface area contributed by atoms with Crippen molar-refractivity contribution in [3.63, 3.8) is 0 Å². The van der Waals surface area contributed by atoms with E-state index in [2.05, 4.69) is 10.6 Å². The summed E-state index contributed by atoms with van der Waals surface area (Å²) in [6.45, 7) is 8.23. The number of aliphatic carboxylic acids is 1. The van der Waals surface area contributed by atoms with Gasteiger partial charge in [0.15, 0.2) is 0 Å². The summed E-state index contributed by atoms with van der Waals surface area (Å²) in [7, 11) is 0. The van der Waals surface area contributed by atoms with Crippen molar-refractivity contribution in [2.24, 2.45) is 0 Å². The summed E-state index contributed by atoms with van der Waals surface area (Å²) in [5, 5.41) is 14.0. The highest BCUT2D eigenvalue weighted by molar-refractivity contribution is 6.23. The quantitative estimate of drug-likeness (QED) is 0.606. The van der Waals surface area contributed by atoms with Gasteiger partial charge in [0, 0.05) is 0 Å². The van der Waals surface area contributed by atoms with Crippen LogP contribution in [0.1, 0.15) is 62.3 Å². The molecule has 3 N–H and O–H groups in total. The van der Waals surface area contributed by atoms with Crippen molar-refractivity contribution >= 4 is 29.6 Å².